The van der Waals surface area contributed by atoms with Crippen LogP contribution in [0.2, 0.25) is 0 Å². The van der Waals surface area contributed by atoms with E-state index in [0.717, 1.165) is 4.47 Å². The number of carbonyl (C=O) groups is 1. The average Bonchev–Trinajstić information content (AvgIpc) is 2.36. The maximum atomic E-state index is 12.0. The summed E-state index contributed by atoms with van der Waals surface area (Å²) in [5, 5.41) is 9.84. The van der Waals surface area contributed by atoms with Crippen molar-refractivity contribution in [2.24, 2.45) is 0 Å². The molecule has 2 rings (SSSR count). The quantitative estimate of drug-likeness (QED) is 0.523. The lowest BCUT2D eigenvalue weighted by Gasteiger charge is -2.08. The fourth-order valence-corrected chi connectivity index (χ4v) is 2.88. The molecule has 0 radical (unpaired) electrons. The summed E-state index contributed by atoms with van der Waals surface area (Å²) in [6, 6.07) is 9.99. The Bertz CT molecular complexity index is 624. The predicted octanol–water partition coefficient (Wildman–Crippen LogP) is 4.90. The topological polar surface area (TPSA) is 46.5 Å². The summed E-state index contributed by atoms with van der Waals surface area (Å²) in [4.78, 5) is 12.0. The van der Waals surface area contributed by atoms with E-state index < -0.39 is 5.97 Å². The Balaban J connectivity index is 2.27. The van der Waals surface area contributed by atoms with Crippen molar-refractivity contribution in [2.75, 3.05) is 0 Å². The second kappa shape index (κ2) is 6.07. The molecular weight excluding hydrogens is 444 g/mol. The highest BCUT2D eigenvalue weighted by Gasteiger charge is 2.17. The summed E-state index contributed by atoms with van der Waals surface area (Å²) < 4.78 is 7.16. The maximum absolute atomic E-state index is 12.0. The number of aromatic hydroxyl groups is 1. The van der Waals surface area contributed by atoms with Crippen LogP contribution in [0.4, 0.5) is 0 Å². The first-order chi connectivity index (χ1) is 8.97. The normalized spacial score (nSPS) is 10.3. The van der Waals surface area contributed by atoms with Gasteiger partial charge >= 0.3 is 5.97 Å². The van der Waals surface area contributed by atoms with Gasteiger partial charge in [0, 0.05) is 8.95 Å². The van der Waals surface area contributed by atoms with E-state index in [2.05, 4.69) is 47.8 Å². The van der Waals surface area contributed by atoms with Gasteiger partial charge in [-0.15, -0.1) is 0 Å². The minimum absolute atomic E-state index is 0.0872. The van der Waals surface area contributed by atoms with E-state index in [1.165, 1.54) is 6.07 Å². The first-order valence-corrected chi connectivity index (χ1v) is 7.51. The van der Waals surface area contributed by atoms with Crippen molar-refractivity contribution in [3.05, 3.63) is 55.4 Å². The Labute approximate surface area is 135 Å². The Kier molecular flexibility index (Phi) is 4.65. The van der Waals surface area contributed by atoms with E-state index in [0.29, 0.717) is 14.7 Å². The monoisotopic (exact) mass is 448 g/mol. The molecule has 0 saturated carbocycles. The van der Waals surface area contributed by atoms with Gasteiger partial charge in [0.2, 0.25) is 0 Å². The number of rotatable bonds is 2. The third-order valence-electron chi connectivity index (χ3n) is 2.27. The molecule has 2 aromatic rings. The van der Waals surface area contributed by atoms with Crippen LogP contribution in [0.25, 0.3) is 0 Å². The molecule has 0 aliphatic carbocycles. The van der Waals surface area contributed by atoms with E-state index in [4.69, 9.17) is 4.74 Å². The molecule has 2 aromatic carbocycles. The summed E-state index contributed by atoms with van der Waals surface area (Å²) >= 11 is 9.72. The van der Waals surface area contributed by atoms with E-state index in [9.17, 15) is 9.90 Å². The van der Waals surface area contributed by atoms with Crippen LogP contribution in [0.1, 0.15) is 10.4 Å². The fraction of sp³-hybridized carbons (Fsp3) is 0. The summed E-state index contributed by atoms with van der Waals surface area (Å²) in [5.41, 5.74) is 0.0872. The molecule has 0 unspecified atom stereocenters. The molecule has 0 aromatic heterocycles. The molecule has 0 atom stereocenters. The van der Waals surface area contributed by atoms with Gasteiger partial charge in [0.25, 0.3) is 0 Å². The number of hydrogen-bond donors (Lipinski definition) is 1. The van der Waals surface area contributed by atoms with Crippen LogP contribution in [0, 0.1) is 0 Å². The number of esters is 1. The van der Waals surface area contributed by atoms with Crippen molar-refractivity contribution in [3.8, 4) is 11.5 Å². The van der Waals surface area contributed by atoms with Crippen LogP contribution in [-0.4, -0.2) is 11.1 Å². The van der Waals surface area contributed by atoms with Gasteiger partial charge in [-0.05, 0) is 52.3 Å². The van der Waals surface area contributed by atoms with Crippen molar-refractivity contribution < 1.29 is 14.6 Å². The predicted molar refractivity (Wildman–Crippen MR) is 82.6 cm³/mol. The minimum atomic E-state index is -0.623. The second-order valence-corrected chi connectivity index (χ2v) is 6.31. The van der Waals surface area contributed by atoms with Crippen molar-refractivity contribution in [3.63, 3.8) is 0 Å². The Morgan fingerprint density at radius 1 is 1.00 bits per heavy atom. The molecule has 0 amide bonds. The van der Waals surface area contributed by atoms with Gasteiger partial charge in [0.15, 0.2) is 0 Å². The van der Waals surface area contributed by atoms with E-state index in [1.807, 2.05) is 0 Å². The molecular formula is C13H7Br3O3. The molecule has 0 aliphatic rings. The summed E-state index contributed by atoms with van der Waals surface area (Å²) in [7, 11) is 0. The van der Waals surface area contributed by atoms with Crippen molar-refractivity contribution in [1.82, 2.24) is 0 Å². The maximum Gasteiger partial charge on any atom is 0.347 e. The summed E-state index contributed by atoms with van der Waals surface area (Å²) in [6.07, 6.45) is 0. The zero-order valence-electron chi connectivity index (χ0n) is 9.36. The van der Waals surface area contributed by atoms with Crippen molar-refractivity contribution in [2.45, 2.75) is 0 Å². The Hall–Kier alpha value is -0.850. The number of carbonyl (C=O) groups excluding carboxylic acids is 1. The van der Waals surface area contributed by atoms with Gasteiger partial charge in [-0.3, -0.25) is 0 Å². The average molecular weight is 451 g/mol. The van der Waals surface area contributed by atoms with Gasteiger partial charge in [0.05, 0.1) is 4.47 Å². The molecule has 3 nitrogen and oxygen atoms in total. The Morgan fingerprint density at radius 3 is 2.26 bits per heavy atom. The van der Waals surface area contributed by atoms with E-state index in [-0.39, 0.29) is 11.3 Å². The van der Waals surface area contributed by atoms with Crippen LogP contribution < -0.4 is 4.74 Å². The van der Waals surface area contributed by atoms with Crippen LogP contribution in [0.3, 0.4) is 0 Å². The molecule has 0 heterocycles. The van der Waals surface area contributed by atoms with Crippen LogP contribution >= 0.6 is 47.8 Å². The molecule has 98 valence electrons. The molecule has 19 heavy (non-hydrogen) atoms. The van der Waals surface area contributed by atoms with Gasteiger partial charge in [-0.25, -0.2) is 4.79 Å². The number of hydrogen-bond acceptors (Lipinski definition) is 3. The first-order valence-electron chi connectivity index (χ1n) is 5.13. The summed E-state index contributed by atoms with van der Waals surface area (Å²) in [6.45, 7) is 0. The number of phenolic OH excluding ortho intramolecular Hbond substituents is 1. The molecule has 0 spiro atoms. The SMILES string of the molecule is O=C(Oc1ccc(Br)cc1)c1cc(Br)cc(Br)c1O. The molecule has 6 heteroatoms. The van der Waals surface area contributed by atoms with Gasteiger partial charge < -0.3 is 9.84 Å². The molecule has 1 N–H and O–H groups in total. The van der Waals surface area contributed by atoms with Gasteiger partial charge in [0.1, 0.15) is 17.1 Å². The molecule has 0 aliphatic heterocycles. The third-order valence-corrected chi connectivity index (χ3v) is 3.86. The largest absolute Gasteiger partial charge is 0.506 e. The Morgan fingerprint density at radius 2 is 1.63 bits per heavy atom. The highest BCUT2D eigenvalue weighted by Crippen LogP contribution is 2.32. The van der Waals surface area contributed by atoms with Gasteiger partial charge in [-0.2, -0.15) is 0 Å². The van der Waals surface area contributed by atoms with Crippen LogP contribution in [-0.2, 0) is 0 Å². The van der Waals surface area contributed by atoms with Crippen LogP contribution in [0.5, 0.6) is 11.5 Å². The van der Waals surface area contributed by atoms with Crippen molar-refractivity contribution >= 4 is 53.8 Å². The second-order valence-electron chi connectivity index (χ2n) is 3.63. The lowest BCUT2D eigenvalue weighted by Crippen LogP contribution is -2.09. The minimum Gasteiger partial charge on any atom is -0.506 e. The zero-order valence-corrected chi connectivity index (χ0v) is 14.1. The van der Waals surface area contributed by atoms with E-state index >= 15 is 0 Å². The summed E-state index contributed by atoms with van der Waals surface area (Å²) in [5.74, 6) is -0.365. The number of phenols is 1. The first kappa shape index (κ1) is 14.6. The number of halogens is 3. The molecule has 0 bridgehead atoms. The highest BCUT2D eigenvalue weighted by molar-refractivity contribution is 9.11. The van der Waals surface area contributed by atoms with E-state index in [1.54, 1.807) is 30.3 Å². The zero-order chi connectivity index (χ0) is 14.0. The third kappa shape index (κ3) is 3.58. The standard InChI is InChI=1S/C13H7Br3O3/c14-7-1-3-9(4-2-7)19-13(18)10-5-8(15)6-11(16)12(10)17/h1-6,17H. The fourth-order valence-electron chi connectivity index (χ4n) is 1.39. The van der Waals surface area contributed by atoms with Gasteiger partial charge in [-0.1, -0.05) is 31.9 Å². The van der Waals surface area contributed by atoms with Crippen molar-refractivity contribution in [1.29, 1.82) is 0 Å². The number of ether oxygens (including phenoxy) is 1. The molecule has 0 saturated heterocycles. The van der Waals surface area contributed by atoms with Crippen LogP contribution in [0.15, 0.2) is 49.8 Å². The smallest absolute Gasteiger partial charge is 0.347 e. The lowest BCUT2D eigenvalue weighted by atomic mass is 10.2. The number of benzene rings is 2. The lowest BCUT2D eigenvalue weighted by molar-refractivity contribution is 0.0731. The molecule has 0 fully saturated rings. The highest BCUT2D eigenvalue weighted by atomic mass is 79.9.